The molecule has 0 unspecified atom stereocenters. The molecular weight excluding hydrogens is 458 g/mol. The Hall–Kier alpha value is -3.82. The summed E-state index contributed by atoms with van der Waals surface area (Å²) < 4.78 is 11.7. The average molecular weight is 494 g/mol. The predicted octanol–water partition coefficient (Wildman–Crippen LogP) is 3.12. The van der Waals surface area contributed by atoms with Crippen molar-refractivity contribution >= 4 is 11.0 Å². The Morgan fingerprint density at radius 1 is 1.25 bits per heavy atom. The Bertz CT molecular complexity index is 1540. The zero-order chi connectivity index (χ0) is 26.1. The maximum absolute atomic E-state index is 13.4. The number of fused-ring (bicyclic) bond motifs is 1. The summed E-state index contributed by atoms with van der Waals surface area (Å²) >= 11 is 0. The van der Waals surface area contributed by atoms with Crippen molar-refractivity contribution in [2.45, 2.75) is 53.6 Å². The number of aromatic nitrogens is 7. The fraction of sp³-hybridized carbons (Fsp3) is 0.462. The fourth-order valence-electron chi connectivity index (χ4n) is 4.59. The number of hydrogen-bond donors (Lipinski definition) is 1. The van der Waals surface area contributed by atoms with Crippen LogP contribution in [0.25, 0.3) is 22.6 Å². The third-order valence-electron chi connectivity index (χ3n) is 6.58. The van der Waals surface area contributed by atoms with Crippen molar-refractivity contribution < 1.29 is 4.74 Å². The van der Waals surface area contributed by atoms with Gasteiger partial charge >= 0.3 is 5.69 Å². The third kappa shape index (κ3) is 4.55. The van der Waals surface area contributed by atoms with Crippen molar-refractivity contribution in [2.24, 2.45) is 20.0 Å². The lowest BCUT2D eigenvalue weighted by Gasteiger charge is -2.11. The van der Waals surface area contributed by atoms with E-state index in [0.717, 1.165) is 29.9 Å². The average Bonchev–Trinajstić information content (AvgIpc) is 3.52. The van der Waals surface area contributed by atoms with E-state index in [1.54, 1.807) is 17.9 Å². The van der Waals surface area contributed by atoms with Gasteiger partial charge < -0.3 is 14.3 Å². The van der Waals surface area contributed by atoms with Gasteiger partial charge in [-0.15, -0.1) is 0 Å². The number of methoxy groups -OCH3 is 1. The van der Waals surface area contributed by atoms with Gasteiger partial charge in [-0.2, -0.15) is 5.10 Å². The van der Waals surface area contributed by atoms with Gasteiger partial charge in [0.1, 0.15) is 11.1 Å². The summed E-state index contributed by atoms with van der Waals surface area (Å²) in [6.07, 6.45) is 9.28. The maximum Gasteiger partial charge on any atom is 0.332 e. The van der Waals surface area contributed by atoms with Crippen molar-refractivity contribution in [3.05, 3.63) is 68.1 Å². The molecule has 0 radical (unpaired) electrons. The van der Waals surface area contributed by atoms with Crippen LogP contribution >= 0.6 is 0 Å². The molecule has 10 heteroatoms. The Morgan fingerprint density at radius 2 is 2.00 bits per heavy atom. The number of nitrogens with zero attached hydrogens (tertiary/aromatic N) is 6. The van der Waals surface area contributed by atoms with E-state index in [9.17, 15) is 9.59 Å². The van der Waals surface area contributed by atoms with Crippen LogP contribution in [0.2, 0.25) is 0 Å². The number of H-pyrrole nitrogens is 1. The normalized spacial score (nSPS) is 12.3. The minimum atomic E-state index is -0.370. The topological polar surface area (TPSA) is 105 Å². The Morgan fingerprint density at radius 3 is 2.64 bits per heavy atom. The summed E-state index contributed by atoms with van der Waals surface area (Å²) in [7, 11) is 5.07. The highest BCUT2D eigenvalue weighted by molar-refractivity contribution is 5.89. The molecule has 4 heterocycles. The second-order valence-corrected chi connectivity index (χ2v) is 9.69. The van der Waals surface area contributed by atoms with Gasteiger partial charge in [0.25, 0.3) is 5.56 Å². The largest absolute Gasteiger partial charge is 0.502 e. The van der Waals surface area contributed by atoms with E-state index in [0.29, 0.717) is 35.6 Å². The molecule has 36 heavy (non-hydrogen) atoms. The molecule has 0 spiro atoms. The van der Waals surface area contributed by atoms with Crippen molar-refractivity contribution in [1.82, 2.24) is 33.4 Å². The highest BCUT2D eigenvalue weighted by Gasteiger charge is 2.25. The molecule has 0 aliphatic rings. The zero-order valence-corrected chi connectivity index (χ0v) is 22.1. The van der Waals surface area contributed by atoms with Crippen LogP contribution in [0, 0.1) is 12.8 Å². The molecule has 0 atom stereocenters. The van der Waals surface area contributed by atoms with Crippen LogP contribution in [0.3, 0.4) is 0 Å². The van der Waals surface area contributed by atoms with Crippen LogP contribution in [0.15, 0.2) is 40.0 Å². The van der Waals surface area contributed by atoms with Crippen LogP contribution in [-0.4, -0.2) is 40.6 Å². The lowest BCUT2D eigenvalue weighted by Crippen LogP contribution is -2.38. The second-order valence-electron chi connectivity index (χ2n) is 9.69. The molecular formula is C26H35N7O3. The maximum atomic E-state index is 13.4. The predicted molar refractivity (Wildman–Crippen MR) is 140 cm³/mol. The van der Waals surface area contributed by atoms with E-state index in [-0.39, 0.29) is 17.2 Å². The van der Waals surface area contributed by atoms with E-state index in [1.165, 1.54) is 17.2 Å². The van der Waals surface area contributed by atoms with Gasteiger partial charge in [0.05, 0.1) is 19.4 Å². The second kappa shape index (κ2) is 10.0. The van der Waals surface area contributed by atoms with Gasteiger partial charge in [0.2, 0.25) is 0 Å². The summed E-state index contributed by atoms with van der Waals surface area (Å²) in [6, 6.07) is 0. The summed E-state index contributed by atoms with van der Waals surface area (Å²) in [5, 5.41) is 5.26. The number of rotatable bonds is 9. The number of hydrogen-bond acceptors (Lipinski definition) is 5. The van der Waals surface area contributed by atoms with Crippen LogP contribution in [0.1, 0.15) is 44.0 Å². The smallest absolute Gasteiger partial charge is 0.332 e. The number of imidazole rings is 1. The van der Waals surface area contributed by atoms with Gasteiger partial charge in [-0.25, -0.2) is 9.78 Å². The first-order valence-corrected chi connectivity index (χ1v) is 12.2. The molecule has 4 aromatic heterocycles. The molecule has 0 saturated heterocycles. The Labute approximate surface area is 209 Å². The number of nitrogens with one attached hydrogen (secondary N) is 1. The summed E-state index contributed by atoms with van der Waals surface area (Å²) in [6.45, 7) is 8.96. The van der Waals surface area contributed by atoms with Crippen molar-refractivity contribution in [3.63, 3.8) is 0 Å². The fourth-order valence-corrected chi connectivity index (χ4v) is 4.59. The highest BCUT2D eigenvalue weighted by atomic mass is 16.5. The minimum absolute atomic E-state index is 0.202. The van der Waals surface area contributed by atoms with Gasteiger partial charge in [-0.1, -0.05) is 13.8 Å². The first kappa shape index (κ1) is 25.3. The lowest BCUT2D eigenvalue weighted by molar-refractivity contribution is 0.292. The van der Waals surface area contributed by atoms with Gasteiger partial charge in [0.15, 0.2) is 11.5 Å². The SMILES string of the molecule is CO/C(C)=C/CCc1c(Cn2nc3c(c2-c2nccn2C)c(=O)n(C)c(=O)n3CC(C)C)c[nH]c1C. The third-order valence-corrected chi connectivity index (χ3v) is 6.58. The molecule has 10 nitrogen and oxygen atoms in total. The van der Waals surface area contributed by atoms with Crippen LogP contribution in [0.4, 0.5) is 0 Å². The monoisotopic (exact) mass is 493 g/mol. The number of ether oxygens (including phenoxy) is 1. The minimum Gasteiger partial charge on any atom is -0.502 e. The standard InChI is InChI=1S/C26H35N7O3/c1-16(2)14-32-23-21(25(34)31(6)26(32)35)22(24-27-11-12-30(24)5)33(29-23)15-19-13-28-18(4)20(19)10-8-9-17(3)36-7/h9,11-13,16,28H,8,10,14-15H2,1-7H3/b17-9+. The highest BCUT2D eigenvalue weighted by Crippen LogP contribution is 2.27. The molecule has 1 N–H and O–H groups in total. The zero-order valence-electron chi connectivity index (χ0n) is 22.1. The van der Waals surface area contributed by atoms with E-state index in [4.69, 9.17) is 9.84 Å². The van der Waals surface area contributed by atoms with Crippen molar-refractivity contribution in [2.75, 3.05) is 7.11 Å². The number of aryl methyl sites for hydroxylation is 2. The van der Waals surface area contributed by atoms with E-state index in [1.807, 2.05) is 49.5 Å². The first-order valence-electron chi connectivity index (χ1n) is 12.2. The molecule has 4 rings (SSSR count). The van der Waals surface area contributed by atoms with Gasteiger partial charge in [-0.3, -0.25) is 18.6 Å². The molecule has 0 fully saturated rings. The lowest BCUT2D eigenvalue weighted by atomic mass is 10.1. The molecule has 4 aromatic rings. The first-order chi connectivity index (χ1) is 17.1. The van der Waals surface area contributed by atoms with Crippen LogP contribution in [-0.2, 0) is 38.3 Å². The summed E-state index contributed by atoms with van der Waals surface area (Å²) in [4.78, 5) is 34.4. The number of aromatic amines is 1. The van der Waals surface area contributed by atoms with Gasteiger partial charge in [0, 0.05) is 44.9 Å². The van der Waals surface area contributed by atoms with Crippen LogP contribution < -0.4 is 11.2 Å². The van der Waals surface area contributed by atoms with E-state index < -0.39 is 0 Å². The summed E-state index contributed by atoms with van der Waals surface area (Å²) in [5.41, 5.74) is 3.64. The molecule has 0 amide bonds. The van der Waals surface area contributed by atoms with E-state index >= 15 is 0 Å². The van der Waals surface area contributed by atoms with Crippen LogP contribution in [0.5, 0.6) is 0 Å². The Kier molecular flexibility index (Phi) is 7.05. The quantitative estimate of drug-likeness (QED) is 0.361. The van der Waals surface area contributed by atoms with Crippen molar-refractivity contribution in [3.8, 4) is 11.5 Å². The molecule has 0 aliphatic carbocycles. The molecule has 0 saturated carbocycles. The molecule has 0 bridgehead atoms. The number of allylic oxidation sites excluding steroid dienone is 2. The Balaban J connectivity index is 1.92. The van der Waals surface area contributed by atoms with Gasteiger partial charge in [-0.05, 0) is 49.8 Å². The summed E-state index contributed by atoms with van der Waals surface area (Å²) in [5.74, 6) is 1.71. The molecule has 0 aromatic carbocycles. The molecule has 0 aliphatic heterocycles. The van der Waals surface area contributed by atoms with Crippen molar-refractivity contribution in [1.29, 1.82) is 0 Å². The van der Waals surface area contributed by atoms with E-state index in [2.05, 4.69) is 23.0 Å². The molecule has 192 valence electrons.